The maximum atomic E-state index is 11.9. The van der Waals surface area contributed by atoms with Crippen molar-refractivity contribution in [2.45, 2.75) is 52.4 Å². The molecule has 2 heteroatoms. The second-order valence-electron chi connectivity index (χ2n) is 4.55. The smallest absolute Gasteiger partial charge is 0.162 e. The average molecular weight is 253 g/mol. The van der Waals surface area contributed by atoms with E-state index in [0.29, 0.717) is 6.42 Å². The lowest BCUT2D eigenvalue weighted by molar-refractivity contribution is 0.0979. The van der Waals surface area contributed by atoms with E-state index >= 15 is 0 Å². The molecule has 0 unspecified atom stereocenters. The number of hydrogen-bond donors (Lipinski definition) is 0. The van der Waals surface area contributed by atoms with Gasteiger partial charge >= 0.3 is 0 Å². The Bertz CT molecular complexity index is 371. The topological polar surface area (TPSA) is 17.1 Å². The Morgan fingerprint density at radius 1 is 1.18 bits per heavy atom. The number of carbonyl (C=O) groups excluding carboxylic acids is 1. The second kappa shape index (κ2) is 7.50. The Kier molecular flexibility index (Phi) is 6.28. The van der Waals surface area contributed by atoms with Gasteiger partial charge in [0, 0.05) is 17.0 Å². The van der Waals surface area contributed by atoms with E-state index in [9.17, 15) is 4.79 Å². The second-order valence-corrected chi connectivity index (χ2v) is 4.96. The van der Waals surface area contributed by atoms with Crippen LogP contribution in [0.3, 0.4) is 0 Å². The van der Waals surface area contributed by atoms with Crippen LogP contribution in [0.15, 0.2) is 18.2 Å². The number of ketones is 1. The van der Waals surface area contributed by atoms with E-state index in [1.807, 2.05) is 19.1 Å². The van der Waals surface area contributed by atoms with Crippen molar-refractivity contribution in [3.63, 3.8) is 0 Å². The first-order valence-corrected chi connectivity index (χ1v) is 6.82. The Morgan fingerprint density at radius 3 is 2.53 bits per heavy atom. The number of halogens is 1. The number of unbranched alkanes of at least 4 members (excludes halogenated alkanes) is 4. The fourth-order valence-electron chi connectivity index (χ4n) is 1.85. The molecule has 0 N–H and O–H groups in total. The third-order valence-corrected chi connectivity index (χ3v) is 3.41. The van der Waals surface area contributed by atoms with Crippen molar-refractivity contribution in [1.82, 2.24) is 0 Å². The zero-order valence-electron chi connectivity index (χ0n) is 10.8. The summed E-state index contributed by atoms with van der Waals surface area (Å²) in [6.07, 6.45) is 6.57. The van der Waals surface area contributed by atoms with Crippen molar-refractivity contribution in [2.75, 3.05) is 0 Å². The van der Waals surface area contributed by atoms with Crippen LogP contribution in [0.2, 0.25) is 5.02 Å². The van der Waals surface area contributed by atoms with Gasteiger partial charge in [0.25, 0.3) is 0 Å². The van der Waals surface area contributed by atoms with Crippen molar-refractivity contribution in [1.29, 1.82) is 0 Å². The van der Waals surface area contributed by atoms with Crippen LogP contribution in [-0.2, 0) is 0 Å². The molecule has 1 nitrogen and oxygen atoms in total. The fourth-order valence-corrected chi connectivity index (χ4v) is 1.97. The summed E-state index contributed by atoms with van der Waals surface area (Å²) in [5.41, 5.74) is 1.77. The lowest BCUT2D eigenvalue weighted by atomic mass is 10.0. The molecule has 0 fully saturated rings. The number of aryl methyl sites for hydroxylation is 1. The fraction of sp³-hybridized carbons (Fsp3) is 0.533. The molecule has 1 aromatic carbocycles. The third-order valence-electron chi connectivity index (χ3n) is 2.99. The van der Waals surface area contributed by atoms with Gasteiger partial charge in [0.2, 0.25) is 0 Å². The minimum absolute atomic E-state index is 0.237. The van der Waals surface area contributed by atoms with Crippen LogP contribution in [0.25, 0.3) is 0 Å². The highest BCUT2D eigenvalue weighted by Crippen LogP contribution is 2.18. The van der Waals surface area contributed by atoms with Gasteiger partial charge in [0.15, 0.2) is 5.78 Å². The minimum atomic E-state index is 0.237. The van der Waals surface area contributed by atoms with Gasteiger partial charge in [-0.2, -0.15) is 0 Å². The molecule has 0 aromatic heterocycles. The molecule has 1 rings (SSSR count). The van der Waals surface area contributed by atoms with Crippen LogP contribution in [0.4, 0.5) is 0 Å². The molecule has 0 aliphatic rings. The van der Waals surface area contributed by atoms with Gasteiger partial charge in [0.1, 0.15) is 0 Å². The molecule has 0 aliphatic carbocycles. The maximum Gasteiger partial charge on any atom is 0.162 e. The molecule has 1 aromatic rings. The normalized spacial score (nSPS) is 10.5. The van der Waals surface area contributed by atoms with Crippen molar-refractivity contribution >= 4 is 17.4 Å². The first kappa shape index (κ1) is 14.2. The van der Waals surface area contributed by atoms with Crippen molar-refractivity contribution in [3.8, 4) is 0 Å². The van der Waals surface area contributed by atoms with E-state index in [-0.39, 0.29) is 5.78 Å². The van der Waals surface area contributed by atoms with Crippen LogP contribution < -0.4 is 0 Å². The quantitative estimate of drug-likeness (QED) is 0.482. The largest absolute Gasteiger partial charge is 0.294 e. The van der Waals surface area contributed by atoms with E-state index in [4.69, 9.17) is 11.6 Å². The monoisotopic (exact) mass is 252 g/mol. The lowest BCUT2D eigenvalue weighted by Crippen LogP contribution is -1.99. The molecule has 0 radical (unpaired) electrons. The summed E-state index contributed by atoms with van der Waals surface area (Å²) in [7, 11) is 0. The van der Waals surface area contributed by atoms with Crippen LogP contribution in [0.1, 0.15) is 61.4 Å². The molecule has 0 atom stereocenters. The highest BCUT2D eigenvalue weighted by atomic mass is 35.5. The first-order valence-electron chi connectivity index (χ1n) is 6.44. The number of rotatable bonds is 7. The predicted octanol–water partition coefficient (Wildman–Crippen LogP) is 5.19. The first-order chi connectivity index (χ1) is 8.15. The summed E-state index contributed by atoms with van der Waals surface area (Å²) in [5.74, 6) is 0.237. The summed E-state index contributed by atoms with van der Waals surface area (Å²) >= 11 is 5.94. The number of Topliss-reactive ketones (excluding diaryl/α,β-unsaturated/α-hetero) is 1. The van der Waals surface area contributed by atoms with E-state index in [1.165, 1.54) is 19.3 Å². The number of carbonyl (C=O) groups is 1. The zero-order valence-corrected chi connectivity index (χ0v) is 11.5. The Balaban J connectivity index is 2.39. The number of hydrogen-bond acceptors (Lipinski definition) is 1. The van der Waals surface area contributed by atoms with Gasteiger partial charge in [-0.25, -0.2) is 0 Å². The Labute approximate surface area is 109 Å². The van der Waals surface area contributed by atoms with Gasteiger partial charge in [-0.3, -0.25) is 4.79 Å². The molecular formula is C15H21ClO. The molecule has 0 heterocycles. The van der Waals surface area contributed by atoms with Crippen LogP contribution in [0.5, 0.6) is 0 Å². The summed E-state index contributed by atoms with van der Waals surface area (Å²) in [6.45, 7) is 4.13. The van der Waals surface area contributed by atoms with Gasteiger partial charge in [-0.15, -0.1) is 0 Å². The summed E-state index contributed by atoms with van der Waals surface area (Å²) in [4.78, 5) is 11.9. The molecule has 0 saturated heterocycles. The standard InChI is InChI=1S/C15H21ClO/c1-3-4-5-6-7-8-15(17)13-9-10-14(16)12(2)11-13/h9-11H,3-8H2,1-2H3. The molecule has 0 saturated carbocycles. The highest BCUT2D eigenvalue weighted by molar-refractivity contribution is 6.31. The molecule has 0 amide bonds. The van der Waals surface area contributed by atoms with E-state index < -0.39 is 0 Å². The van der Waals surface area contributed by atoms with E-state index in [1.54, 1.807) is 6.07 Å². The minimum Gasteiger partial charge on any atom is -0.294 e. The van der Waals surface area contributed by atoms with Crippen LogP contribution in [-0.4, -0.2) is 5.78 Å². The van der Waals surface area contributed by atoms with Gasteiger partial charge < -0.3 is 0 Å². The molecule has 94 valence electrons. The van der Waals surface area contributed by atoms with Crippen molar-refractivity contribution in [3.05, 3.63) is 34.3 Å². The van der Waals surface area contributed by atoms with Gasteiger partial charge in [-0.05, 0) is 37.1 Å². The summed E-state index contributed by atoms with van der Waals surface area (Å²) < 4.78 is 0. The van der Waals surface area contributed by atoms with Crippen LogP contribution in [0, 0.1) is 6.92 Å². The summed E-state index contributed by atoms with van der Waals surface area (Å²) in [5, 5.41) is 0.726. The molecular weight excluding hydrogens is 232 g/mol. The lowest BCUT2D eigenvalue weighted by Gasteiger charge is -2.04. The van der Waals surface area contributed by atoms with Crippen LogP contribution >= 0.6 is 11.6 Å². The zero-order chi connectivity index (χ0) is 12.7. The Hall–Kier alpha value is -0.820. The van der Waals surface area contributed by atoms with Gasteiger partial charge in [-0.1, -0.05) is 44.2 Å². The van der Waals surface area contributed by atoms with Crippen molar-refractivity contribution < 1.29 is 4.79 Å². The Morgan fingerprint density at radius 2 is 1.88 bits per heavy atom. The van der Waals surface area contributed by atoms with Gasteiger partial charge in [0.05, 0.1) is 0 Å². The van der Waals surface area contributed by atoms with E-state index in [0.717, 1.165) is 29.0 Å². The molecule has 0 spiro atoms. The molecule has 0 bridgehead atoms. The van der Waals surface area contributed by atoms with Crippen molar-refractivity contribution in [2.24, 2.45) is 0 Å². The molecule has 0 aliphatic heterocycles. The highest BCUT2D eigenvalue weighted by Gasteiger charge is 2.06. The predicted molar refractivity (Wildman–Crippen MR) is 73.9 cm³/mol. The SMILES string of the molecule is CCCCCCCC(=O)c1ccc(Cl)c(C)c1. The number of benzene rings is 1. The average Bonchev–Trinajstić information content (AvgIpc) is 2.32. The third kappa shape index (κ3) is 4.91. The maximum absolute atomic E-state index is 11.9. The molecule has 17 heavy (non-hydrogen) atoms. The summed E-state index contributed by atoms with van der Waals surface area (Å²) in [6, 6.07) is 5.52. The van der Waals surface area contributed by atoms with E-state index in [2.05, 4.69) is 6.92 Å².